The number of nitrogens with zero attached hydrogens (tertiary/aromatic N) is 4. The molecule has 0 bridgehead atoms. The van der Waals surface area contributed by atoms with Gasteiger partial charge in [-0.1, -0.05) is 13.8 Å². The maximum absolute atomic E-state index is 14.6. The second kappa shape index (κ2) is 9.91. The quantitative estimate of drug-likeness (QED) is 0.415. The second-order valence-electron chi connectivity index (χ2n) is 8.45. The van der Waals surface area contributed by atoms with Gasteiger partial charge in [0.05, 0.1) is 16.8 Å². The maximum atomic E-state index is 14.6. The molecule has 0 aliphatic carbocycles. The van der Waals surface area contributed by atoms with Crippen LogP contribution in [0.1, 0.15) is 41.4 Å². The predicted octanol–water partition coefficient (Wildman–Crippen LogP) is 4.75. The minimum absolute atomic E-state index is 0.0271. The van der Waals surface area contributed by atoms with E-state index in [0.29, 0.717) is 28.8 Å². The lowest BCUT2D eigenvalue weighted by molar-refractivity contribution is 0.0964. The molecule has 0 aliphatic heterocycles. The van der Waals surface area contributed by atoms with Crippen LogP contribution in [0.2, 0.25) is 0 Å². The van der Waals surface area contributed by atoms with Crippen molar-refractivity contribution in [1.29, 1.82) is 0 Å². The fourth-order valence-electron chi connectivity index (χ4n) is 3.91. The molecule has 174 valence electrons. The van der Waals surface area contributed by atoms with E-state index in [4.69, 9.17) is 0 Å². The average Bonchev–Trinajstić information content (AvgIpc) is 2.86. The Hall–Kier alpha value is -3.94. The number of anilines is 1. The summed E-state index contributed by atoms with van der Waals surface area (Å²) in [6.45, 7) is 6.67. The Kier molecular flexibility index (Phi) is 6.77. The van der Waals surface area contributed by atoms with E-state index in [9.17, 15) is 9.18 Å². The molecule has 8 heteroatoms. The SMILES string of the molecule is CNC(=O)c1ccnc2c(C(C)[C@H](C)CNc3cc(-c4ccc(C)nc4)ncn3)cc(F)cc12. The van der Waals surface area contributed by atoms with Crippen LogP contribution in [0.5, 0.6) is 0 Å². The third-order valence-corrected chi connectivity index (χ3v) is 6.13. The van der Waals surface area contributed by atoms with Crippen molar-refractivity contribution in [3.8, 4) is 11.3 Å². The summed E-state index contributed by atoms with van der Waals surface area (Å²) in [4.78, 5) is 29.8. The fraction of sp³-hybridized carbons (Fsp3) is 0.269. The number of carbonyl (C=O) groups excluding carboxylic acids is 1. The molecule has 4 rings (SSSR count). The van der Waals surface area contributed by atoms with Gasteiger partial charge in [-0.25, -0.2) is 14.4 Å². The number of carbonyl (C=O) groups is 1. The van der Waals surface area contributed by atoms with Crippen LogP contribution in [0.4, 0.5) is 10.2 Å². The number of aromatic nitrogens is 4. The average molecular weight is 459 g/mol. The zero-order valence-electron chi connectivity index (χ0n) is 19.6. The molecule has 0 radical (unpaired) electrons. The Balaban J connectivity index is 1.55. The van der Waals surface area contributed by atoms with Gasteiger partial charge in [-0.05, 0) is 54.7 Å². The van der Waals surface area contributed by atoms with Gasteiger partial charge in [-0.15, -0.1) is 0 Å². The van der Waals surface area contributed by atoms with E-state index >= 15 is 0 Å². The zero-order chi connectivity index (χ0) is 24.2. The third-order valence-electron chi connectivity index (χ3n) is 6.13. The first kappa shape index (κ1) is 23.2. The van der Waals surface area contributed by atoms with Crippen LogP contribution >= 0.6 is 0 Å². The highest BCUT2D eigenvalue weighted by molar-refractivity contribution is 6.06. The van der Waals surface area contributed by atoms with E-state index < -0.39 is 0 Å². The van der Waals surface area contributed by atoms with Gasteiger partial charge in [0, 0.05) is 48.7 Å². The van der Waals surface area contributed by atoms with Gasteiger partial charge >= 0.3 is 0 Å². The molecule has 3 aromatic heterocycles. The standard InChI is InChI=1S/C26H27FN6O/c1-15(12-31-24-11-23(32-14-33-24)18-6-5-16(2)30-13-18)17(3)21-9-19(27)10-22-20(26(34)28-4)7-8-29-25(21)22/h5-11,13-15,17H,12H2,1-4H3,(H,28,34)(H,31,32,33)/t15-,17?/m1/s1. The van der Waals surface area contributed by atoms with Gasteiger partial charge in [0.1, 0.15) is 18.0 Å². The summed E-state index contributed by atoms with van der Waals surface area (Å²) < 4.78 is 14.6. The monoisotopic (exact) mass is 458 g/mol. The Morgan fingerprint density at radius 1 is 1.06 bits per heavy atom. The molecule has 1 unspecified atom stereocenters. The molecule has 0 spiro atoms. The molecule has 0 fully saturated rings. The van der Waals surface area contributed by atoms with Crippen molar-refractivity contribution >= 4 is 22.6 Å². The summed E-state index contributed by atoms with van der Waals surface area (Å²) in [5, 5.41) is 6.49. The molecular formula is C26H27FN6O. The summed E-state index contributed by atoms with van der Waals surface area (Å²) >= 11 is 0. The Morgan fingerprint density at radius 3 is 2.62 bits per heavy atom. The summed E-state index contributed by atoms with van der Waals surface area (Å²) in [5.41, 5.74) is 4.46. The normalized spacial score (nSPS) is 12.9. The number of pyridine rings is 2. The number of hydrogen-bond acceptors (Lipinski definition) is 6. The summed E-state index contributed by atoms with van der Waals surface area (Å²) in [5.74, 6) is 0.138. The molecule has 1 amide bonds. The fourth-order valence-corrected chi connectivity index (χ4v) is 3.91. The molecule has 7 nitrogen and oxygen atoms in total. The molecule has 0 aliphatic rings. The molecule has 1 aromatic carbocycles. The van der Waals surface area contributed by atoms with Crippen LogP contribution < -0.4 is 10.6 Å². The molecule has 3 heterocycles. The lowest BCUT2D eigenvalue weighted by atomic mass is 9.86. The lowest BCUT2D eigenvalue weighted by Crippen LogP contribution is -2.20. The smallest absolute Gasteiger partial charge is 0.251 e. The molecule has 2 N–H and O–H groups in total. The van der Waals surface area contributed by atoms with Crippen molar-refractivity contribution in [2.75, 3.05) is 18.9 Å². The number of hydrogen-bond donors (Lipinski definition) is 2. The van der Waals surface area contributed by atoms with Gasteiger partial charge in [-0.2, -0.15) is 0 Å². The second-order valence-corrected chi connectivity index (χ2v) is 8.45. The van der Waals surface area contributed by atoms with Crippen molar-refractivity contribution in [3.63, 3.8) is 0 Å². The molecule has 34 heavy (non-hydrogen) atoms. The number of halogens is 1. The van der Waals surface area contributed by atoms with Gasteiger partial charge in [-0.3, -0.25) is 14.8 Å². The van der Waals surface area contributed by atoms with Crippen LogP contribution in [0, 0.1) is 18.7 Å². The number of rotatable bonds is 7. The van der Waals surface area contributed by atoms with E-state index in [1.807, 2.05) is 32.0 Å². The van der Waals surface area contributed by atoms with Crippen LogP contribution in [0.15, 0.2) is 55.1 Å². The van der Waals surface area contributed by atoms with E-state index in [1.54, 1.807) is 25.5 Å². The highest BCUT2D eigenvalue weighted by Crippen LogP contribution is 2.32. The molecular weight excluding hydrogens is 431 g/mol. The number of amides is 1. The predicted molar refractivity (Wildman–Crippen MR) is 131 cm³/mol. The first-order valence-electron chi connectivity index (χ1n) is 11.2. The van der Waals surface area contributed by atoms with Gasteiger partial charge in [0.25, 0.3) is 5.91 Å². The highest BCUT2D eigenvalue weighted by atomic mass is 19.1. The maximum Gasteiger partial charge on any atom is 0.251 e. The van der Waals surface area contributed by atoms with Crippen LogP contribution in [0.25, 0.3) is 22.2 Å². The van der Waals surface area contributed by atoms with Crippen molar-refractivity contribution in [2.45, 2.75) is 26.7 Å². The Labute approximate surface area is 197 Å². The van der Waals surface area contributed by atoms with Gasteiger partial charge < -0.3 is 10.6 Å². The topological polar surface area (TPSA) is 92.7 Å². The Morgan fingerprint density at radius 2 is 1.88 bits per heavy atom. The van der Waals surface area contributed by atoms with Crippen LogP contribution in [-0.4, -0.2) is 39.4 Å². The van der Waals surface area contributed by atoms with E-state index in [2.05, 4.69) is 37.5 Å². The van der Waals surface area contributed by atoms with Gasteiger partial charge in [0.2, 0.25) is 0 Å². The van der Waals surface area contributed by atoms with Crippen molar-refractivity contribution in [3.05, 3.63) is 77.8 Å². The largest absolute Gasteiger partial charge is 0.370 e. The van der Waals surface area contributed by atoms with E-state index in [-0.39, 0.29) is 23.6 Å². The first-order chi connectivity index (χ1) is 16.4. The Bertz CT molecular complexity index is 1320. The lowest BCUT2D eigenvalue weighted by Gasteiger charge is -2.22. The third kappa shape index (κ3) is 4.85. The summed E-state index contributed by atoms with van der Waals surface area (Å²) in [7, 11) is 1.55. The highest BCUT2D eigenvalue weighted by Gasteiger charge is 2.21. The van der Waals surface area contributed by atoms with Crippen LogP contribution in [-0.2, 0) is 0 Å². The van der Waals surface area contributed by atoms with Gasteiger partial charge in [0.15, 0.2) is 0 Å². The van der Waals surface area contributed by atoms with Crippen LogP contribution in [0.3, 0.4) is 0 Å². The number of nitrogens with one attached hydrogen (secondary N) is 2. The molecule has 2 atom stereocenters. The summed E-state index contributed by atoms with van der Waals surface area (Å²) in [6.07, 6.45) is 4.91. The molecule has 4 aromatic rings. The van der Waals surface area contributed by atoms with Crippen molar-refractivity contribution in [1.82, 2.24) is 25.3 Å². The zero-order valence-corrected chi connectivity index (χ0v) is 19.6. The van der Waals surface area contributed by atoms with Crippen molar-refractivity contribution in [2.24, 2.45) is 5.92 Å². The number of fused-ring (bicyclic) bond motifs is 1. The first-order valence-corrected chi connectivity index (χ1v) is 11.2. The summed E-state index contributed by atoms with van der Waals surface area (Å²) in [6, 6.07) is 10.3. The minimum Gasteiger partial charge on any atom is -0.370 e. The van der Waals surface area contributed by atoms with E-state index in [0.717, 1.165) is 22.5 Å². The minimum atomic E-state index is -0.389. The number of aryl methyl sites for hydroxylation is 1. The molecule has 0 saturated carbocycles. The van der Waals surface area contributed by atoms with Crippen molar-refractivity contribution < 1.29 is 9.18 Å². The molecule has 0 saturated heterocycles. The number of benzene rings is 1. The van der Waals surface area contributed by atoms with E-state index in [1.165, 1.54) is 18.5 Å².